The zero-order valence-electron chi connectivity index (χ0n) is 10.5. The van der Waals surface area contributed by atoms with Crippen LogP contribution >= 0.6 is 22.6 Å². The van der Waals surface area contributed by atoms with E-state index in [2.05, 4.69) is 32.9 Å². The van der Waals surface area contributed by atoms with E-state index in [1.807, 2.05) is 36.4 Å². The van der Waals surface area contributed by atoms with E-state index in [0.717, 1.165) is 20.9 Å². The molecule has 102 valence electrons. The Morgan fingerprint density at radius 3 is 2.60 bits per heavy atom. The van der Waals surface area contributed by atoms with Crippen molar-refractivity contribution in [2.24, 2.45) is 0 Å². The van der Waals surface area contributed by atoms with E-state index in [0.29, 0.717) is 6.54 Å². The SMILES string of the molecule is O=c1[nH]ccn1-c1ccc(NCc2ccc(I)o2)cc1. The normalized spacial score (nSPS) is 10.7. The number of benzene rings is 1. The molecule has 0 atom stereocenters. The van der Waals surface area contributed by atoms with Crippen molar-refractivity contribution in [2.75, 3.05) is 5.32 Å². The Bertz CT molecular complexity index is 755. The average Bonchev–Trinajstić information content (AvgIpc) is 3.06. The van der Waals surface area contributed by atoms with E-state index in [4.69, 9.17) is 4.42 Å². The van der Waals surface area contributed by atoms with Crippen molar-refractivity contribution in [1.82, 2.24) is 9.55 Å². The smallest absolute Gasteiger partial charge is 0.330 e. The lowest BCUT2D eigenvalue weighted by atomic mass is 10.2. The topological polar surface area (TPSA) is 63.0 Å². The zero-order valence-corrected chi connectivity index (χ0v) is 12.6. The molecule has 0 bridgehead atoms. The molecule has 20 heavy (non-hydrogen) atoms. The maximum Gasteiger partial charge on any atom is 0.330 e. The second-order valence-corrected chi connectivity index (χ2v) is 5.30. The van der Waals surface area contributed by atoms with Crippen molar-refractivity contribution in [1.29, 1.82) is 0 Å². The van der Waals surface area contributed by atoms with Gasteiger partial charge in [-0.3, -0.25) is 4.57 Å². The summed E-state index contributed by atoms with van der Waals surface area (Å²) < 4.78 is 7.91. The van der Waals surface area contributed by atoms with Gasteiger partial charge >= 0.3 is 5.69 Å². The van der Waals surface area contributed by atoms with Crippen LogP contribution < -0.4 is 11.0 Å². The third-order valence-electron chi connectivity index (χ3n) is 2.89. The number of halogens is 1. The lowest BCUT2D eigenvalue weighted by Gasteiger charge is -2.06. The van der Waals surface area contributed by atoms with Crippen molar-refractivity contribution >= 4 is 28.3 Å². The van der Waals surface area contributed by atoms with E-state index in [1.165, 1.54) is 0 Å². The number of H-pyrrole nitrogens is 1. The van der Waals surface area contributed by atoms with Gasteiger partial charge in [-0.2, -0.15) is 0 Å². The van der Waals surface area contributed by atoms with Gasteiger partial charge in [0.25, 0.3) is 0 Å². The molecule has 2 aromatic heterocycles. The van der Waals surface area contributed by atoms with Crippen LogP contribution in [0.25, 0.3) is 5.69 Å². The predicted octanol–water partition coefficient (Wildman–Crippen LogP) is 2.98. The van der Waals surface area contributed by atoms with Crippen LogP contribution in [-0.2, 0) is 6.54 Å². The number of aromatic amines is 1. The van der Waals surface area contributed by atoms with Crippen LogP contribution in [0.15, 0.2) is 58.0 Å². The Kier molecular flexibility index (Phi) is 3.64. The molecule has 0 radical (unpaired) electrons. The van der Waals surface area contributed by atoms with Gasteiger partial charge in [-0.25, -0.2) is 4.79 Å². The number of rotatable bonds is 4. The first-order valence-corrected chi connectivity index (χ1v) is 7.15. The molecule has 1 aromatic carbocycles. The van der Waals surface area contributed by atoms with Gasteiger partial charge < -0.3 is 14.7 Å². The largest absolute Gasteiger partial charge is 0.454 e. The lowest BCUT2D eigenvalue weighted by Crippen LogP contribution is -2.13. The Morgan fingerprint density at radius 2 is 2.00 bits per heavy atom. The molecular formula is C14H12IN3O2. The molecular weight excluding hydrogens is 369 g/mol. The van der Waals surface area contributed by atoms with Gasteiger partial charge in [0.2, 0.25) is 0 Å². The first-order valence-electron chi connectivity index (χ1n) is 6.07. The summed E-state index contributed by atoms with van der Waals surface area (Å²) in [6.07, 6.45) is 3.32. The van der Waals surface area contributed by atoms with Crippen molar-refractivity contribution in [2.45, 2.75) is 6.54 Å². The second kappa shape index (κ2) is 5.58. The van der Waals surface area contributed by atoms with Crippen molar-refractivity contribution in [3.8, 4) is 5.69 Å². The van der Waals surface area contributed by atoms with Gasteiger partial charge in [-0.1, -0.05) is 0 Å². The fourth-order valence-corrected chi connectivity index (χ4v) is 2.36. The fraction of sp³-hybridized carbons (Fsp3) is 0.0714. The molecule has 3 rings (SSSR count). The van der Waals surface area contributed by atoms with Crippen LogP contribution in [0.4, 0.5) is 5.69 Å². The first-order chi connectivity index (χ1) is 9.72. The highest BCUT2D eigenvalue weighted by atomic mass is 127. The third kappa shape index (κ3) is 2.79. The number of aromatic nitrogens is 2. The maximum absolute atomic E-state index is 11.5. The molecule has 0 aliphatic rings. The number of anilines is 1. The minimum atomic E-state index is -0.143. The number of imidazole rings is 1. The molecule has 0 aliphatic heterocycles. The van der Waals surface area contributed by atoms with Crippen LogP contribution in [0.3, 0.4) is 0 Å². The van der Waals surface area contributed by atoms with E-state index >= 15 is 0 Å². The molecule has 0 unspecified atom stereocenters. The summed E-state index contributed by atoms with van der Waals surface area (Å²) in [6, 6.07) is 11.5. The highest BCUT2D eigenvalue weighted by Crippen LogP contribution is 2.15. The second-order valence-electron chi connectivity index (χ2n) is 4.24. The van der Waals surface area contributed by atoms with Crippen molar-refractivity contribution in [3.05, 3.63) is 68.8 Å². The fourth-order valence-electron chi connectivity index (χ4n) is 1.90. The van der Waals surface area contributed by atoms with Gasteiger partial charge in [-0.05, 0) is 59.0 Å². The molecule has 0 saturated heterocycles. The quantitative estimate of drug-likeness (QED) is 0.684. The van der Waals surface area contributed by atoms with E-state index in [1.54, 1.807) is 17.0 Å². The standard InChI is InChI=1S/C14H12IN3O2/c15-13-6-5-12(20-13)9-17-10-1-3-11(4-2-10)18-8-7-16-14(18)19/h1-8,17H,9H2,(H,16,19). The number of nitrogens with one attached hydrogen (secondary N) is 2. The Morgan fingerprint density at radius 1 is 1.20 bits per heavy atom. The van der Waals surface area contributed by atoms with Crippen molar-refractivity contribution < 1.29 is 4.42 Å². The summed E-state index contributed by atoms with van der Waals surface area (Å²) in [6.45, 7) is 0.631. The molecule has 0 saturated carbocycles. The summed E-state index contributed by atoms with van der Waals surface area (Å²) in [5, 5.41) is 3.27. The first kappa shape index (κ1) is 13.0. The highest BCUT2D eigenvalue weighted by Gasteiger charge is 2.01. The van der Waals surface area contributed by atoms with Gasteiger partial charge in [0.15, 0.2) is 3.77 Å². The van der Waals surface area contributed by atoms with Crippen LogP contribution in [0, 0.1) is 3.77 Å². The minimum Gasteiger partial charge on any atom is -0.454 e. The molecule has 2 N–H and O–H groups in total. The molecule has 6 heteroatoms. The summed E-state index contributed by atoms with van der Waals surface area (Å²) in [7, 11) is 0. The van der Waals surface area contributed by atoms with Gasteiger partial charge in [0, 0.05) is 18.1 Å². The highest BCUT2D eigenvalue weighted by molar-refractivity contribution is 14.1. The van der Waals surface area contributed by atoms with E-state index in [-0.39, 0.29) is 5.69 Å². The Labute approximate surface area is 128 Å². The van der Waals surface area contributed by atoms with E-state index < -0.39 is 0 Å². The summed E-state index contributed by atoms with van der Waals surface area (Å²) in [5.41, 5.74) is 1.66. The van der Waals surface area contributed by atoms with Crippen LogP contribution in [0.2, 0.25) is 0 Å². The molecule has 2 heterocycles. The number of nitrogens with zero attached hydrogens (tertiary/aromatic N) is 1. The minimum absolute atomic E-state index is 0.143. The van der Waals surface area contributed by atoms with Crippen LogP contribution in [0.5, 0.6) is 0 Å². The van der Waals surface area contributed by atoms with Gasteiger partial charge in [0.1, 0.15) is 5.76 Å². The summed E-state index contributed by atoms with van der Waals surface area (Å²) in [4.78, 5) is 14.1. The maximum atomic E-state index is 11.5. The zero-order chi connectivity index (χ0) is 13.9. The number of hydrogen-bond donors (Lipinski definition) is 2. The lowest BCUT2D eigenvalue weighted by molar-refractivity contribution is 0.493. The monoisotopic (exact) mass is 381 g/mol. The summed E-state index contributed by atoms with van der Waals surface area (Å²) in [5.74, 6) is 0.889. The average molecular weight is 381 g/mol. The number of furan rings is 1. The van der Waals surface area contributed by atoms with Gasteiger partial charge in [0.05, 0.1) is 12.2 Å². The summed E-state index contributed by atoms with van der Waals surface area (Å²) >= 11 is 2.14. The van der Waals surface area contributed by atoms with Crippen LogP contribution in [0.1, 0.15) is 5.76 Å². The molecule has 5 nitrogen and oxygen atoms in total. The molecule has 0 fully saturated rings. The Balaban J connectivity index is 1.70. The predicted molar refractivity (Wildman–Crippen MR) is 85.1 cm³/mol. The molecule has 0 aliphatic carbocycles. The van der Waals surface area contributed by atoms with E-state index in [9.17, 15) is 4.79 Å². The molecule has 3 aromatic rings. The third-order valence-corrected chi connectivity index (χ3v) is 3.47. The molecule has 0 amide bonds. The molecule has 0 spiro atoms. The Hall–Kier alpha value is -1.96. The van der Waals surface area contributed by atoms with Crippen LogP contribution in [-0.4, -0.2) is 9.55 Å². The van der Waals surface area contributed by atoms with Gasteiger partial charge in [-0.15, -0.1) is 0 Å². The van der Waals surface area contributed by atoms with Crippen molar-refractivity contribution in [3.63, 3.8) is 0 Å². The number of hydrogen-bond acceptors (Lipinski definition) is 3.